The van der Waals surface area contributed by atoms with Crippen LogP contribution in [0.4, 0.5) is 0 Å². The van der Waals surface area contributed by atoms with Crippen molar-refractivity contribution < 1.29 is 28.4 Å². The maximum Gasteiger partial charge on any atom is 0.203 e. The van der Waals surface area contributed by atoms with Crippen molar-refractivity contribution in [3.63, 3.8) is 0 Å². The average molecular weight is 549 g/mol. The van der Waals surface area contributed by atoms with Gasteiger partial charge in [-0.15, -0.1) is 0 Å². The molecule has 6 nitrogen and oxygen atoms in total. The van der Waals surface area contributed by atoms with Crippen LogP contribution >= 0.6 is 0 Å². The van der Waals surface area contributed by atoms with Crippen LogP contribution in [0.15, 0.2) is 48.5 Å². The number of methoxy groups -OCH3 is 4. The fourth-order valence-electron chi connectivity index (χ4n) is 4.15. The molecule has 3 aromatic carbocycles. The second kappa shape index (κ2) is 15.1. The highest BCUT2D eigenvalue weighted by molar-refractivity contribution is 5.72. The first-order valence-electron chi connectivity index (χ1n) is 14.0. The van der Waals surface area contributed by atoms with E-state index in [2.05, 4.69) is 50.3 Å². The molecule has 40 heavy (non-hydrogen) atoms. The normalized spacial score (nSPS) is 12.6. The summed E-state index contributed by atoms with van der Waals surface area (Å²) in [5.41, 5.74) is 4.47. The van der Waals surface area contributed by atoms with Gasteiger partial charge in [0.15, 0.2) is 23.0 Å². The molecule has 0 saturated carbocycles. The molecule has 0 N–H and O–H groups in total. The molecule has 0 aliphatic heterocycles. The lowest BCUT2D eigenvalue weighted by molar-refractivity contribution is 0.198. The van der Waals surface area contributed by atoms with E-state index in [1.807, 2.05) is 38.1 Å². The second-order valence-electron chi connectivity index (χ2n) is 9.83. The van der Waals surface area contributed by atoms with Crippen molar-refractivity contribution in [2.45, 2.75) is 65.6 Å². The minimum Gasteiger partial charge on any atom is -0.493 e. The van der Waals surface area contributed by atoms with Crippen LogP contribution in [-0.4, -0.2) is 40.6 Å². The summed E-state index contributed by atoms with van der Waals surface area (Å²) in [7, 11) is 6.61. The first-order chi connectivity index (χ1) is 19.3. The number of ether oxygens (including phenoxy) is 6. The van der Waals surface area contributed by atoms with Gasteiger partial charge in [0.05, 0.1) is 40.6 Å². The minimum absolute atomic E-state index is 0.0646. The van der Waals surface area contributed by atoms with E-state index < -0.39 is 0 Å². The van der Waals surface area contributed by atoms with Crippen LogP contribution in [0.5, 0.6) is 34.5 Å². The van der Waals surface area contributed by atoms with Crippen LogP contribution in [0.25, 0.3) is 12.2 Å². The number of hydrogen-bond donors (Lipinski definition) is 0. The molecule has 2 unspecified atom stereocenters. The summed E-state index contributed by atoms with van der Waals surface area (Å²) in [5.74, 6) is 4.00. The molecule has 0 fully saturated rings. The van der Waals surface area contributed by atoms with E-state index in [-0.39, 0.29) is 12.2 Å². The zero-order valence-corrected chi connectivity index (χ0v) is 25.2. The summed E-state index contributed by atoms with van der Waals surface area (Å²) in [6.07, 6.45) is 7.83. The molecule has 0 radical (unpaired) electrons. The fourth-order valence-corrected chi connectivity index (χ4v) is 4.15. The lowest BCUT2D eigenvalue weighted by Gasteiger charge is -2.19. The van der Waals surface area contributed by atoms with Crippen molar-refractivity contribution in [3.05, 3.63) is 70.8 Å². The molecule has 0 aliphatic carbocycles. The van der Waals surface area contributed by atoms with Gasteiger partial charge < -0.3 is 28.4 Å². The van der Waals surface area contributed by atoms with Crippen molar-refractivity contribution in [1.82, 2.24) is 0 Å². The Morgan fingerprint density at radius 3 is 1.38 bits per heavy atom. The zero-order valence-electron chi connectivity index (χ0n) is 25.2. The quantitative estimate of drug-likeness (QED) is 0.179. The Hall–Kier alpha value is -3.80. The van der Waals surface area contributed by atoms with Crippen molar-refractivity contribution >= 4 is 12.2 Å². The van der Waals surface area contributed by atoms with E-state index >= 15 is 0 Å². The maximum atomic E-state index is 6.07. The van der Waals surface area contributed by atoms with Gasteiger partial charge in [-0.05, 0) is 86.1 Å². The van der Waals surface area contributed by atoms with Crippen molar-refractivity contribution in [2.75, 3.05) is 28.4 Å². The largest absolute Gasteiger partial charge is 0.493 e. The van der Waals surface area contributed by atoms with Gasteiger partial charge in [-0.3, -0.25) is 0 Å². The molecule has 0 aromatic heterocycles. The van der Waals surface area contributed by atoms with Gasteiger partial charge in [0, 0.05) is 0 Å². The molecule has 0 bridgehead atoms. The van der Waals surface area contributed by atoms with E-state index in [4.69, 9.17) is 28.4 Å². The van der Waals surface area contributed by atoms with Crippen LogP contribution in [0.3, 0.4) is 0 Å². The molecule has 0 heterocycles. The Balaban J connectivity index is 1.70. The predicted octanol–water partition coefficient (Wildman–Crippen LogP) is 8.03. The molecule has 0 saturated heterocycles. The highest BCUT2D eigenvalue weighted by Gasteiger charge is 2.17. The van der Waals surface area contributed by atoms with E-state index in [0.717, 1.165) is 42.4 Å². The third-order valence-corrected chi connectivity index (χ3v) is 6.94. The average Bonchev–Trinajstić information content (AvgIpc) is 2.99. The molecule has 0 amide bonds. The van der Waals surface area contributed by atoms with E-state index in [1.165, 1.54) is 5.56 Å². The summed E-state index contributed by atoms with van der Waals surface area (Å²) in [5, 5.41) is 0. The van der Waals surface area contributed by atoms with Crippen LogP contribution in [-0.2, 0) is 12.8 Å². The van der Waals surface area contributed by atoms with Gasteiger partial charge in [0.2, 0.25) is 11.5 Å². The van der Waals surface area contributed by atoms with Gasteiger partial charge in [-0.1, -0.05) is 50.3 Å². The standard InChI is InChI=1S/C34H44O6/c1-9-23(3)39-33-29(35-5)19-27(20-30(33)36-6)17-15-25-11-13-26(14-12-25)16-18-28-21-31(37-7)34(32(22-28)38-8)40-24(4)10-2/h11-15,17,19-24H,9-10,16,18H2,1-8H3/b17-15+. The smallest absolute Gasteiger partial charge is 0.203 e. The first kappa shape index (κ1) is 30.7. The molecule has 0 spiro atoms. The lowest BCUT2D eigenvalue weighted by Crippen LogP contribution is -2.11. The highest BCUT2D eigenvalue weighted by Crippen LogP contribution is 2.41. The Labute approximate surface area is 239 Å². The van der Waals surface area contributed by atoms with E-state index in [0.29, 0.717) is 34.5 Å². The Morgan fingerprint density at radius 2 is 0.950 bits per heavy atom. The third-order valence-electron chi connectivity index (χ3n) is 6.94. The Morgan fingerprint density at radius 1 is 0.550 bits per heavy atom. The predicted molar refractivity (Wildman–Crippen MR) is 163 cm³/mol. The van der Waals surface area contributed by atoms with Crippen molar-refractivity contribution in [2.24, 2.45) is 0 Å². The lowest BCUT2D eigenvalue weighted by atomic mass is 10.0. The second-order valence-corrected chi connectivity index (χ2v) is 9.83. The number of rotatable bonds is 15. The maximum absolute atomic E-state index is 6.07. The minimum atomic E-state index is 0.0646. The van der Waals surface area contributed by atoms with Gasteiger partial charge in [-0.25, -0.2) is 0 Å². The molecule has 3 rings (SSSR count). The summed E-state index contributed by atoms with van der Waals surface area (Å²) in [4.78, 5) is 0. The fraction of sp³-hybridized carbons (Fsp3) is 0.412. The molecule has 2 atom stereocenters. The third kappa shape index (κ3) is 8.10. The summed E-state index contributed by atoms with van der Waals surface area (Å²) in [6.45, 7) is 8.25. The number of hydrogen-bond acceptors (Lipinski definition) is 6. The Bertz CT molecular complexity index is 1200. The zero-order chi connectivity index (χ0) is 29.1. The molecule has 216 valence electrons. The topological polar surface area (TPSA) is 55.4 Å². The molecule has 0 aliphatic rings. The Kier molecular flexibility index (Phi) is 11.6. The summed E-state index contributed by atoms with van der Waals surface area (Å²) >= 11 is 0. The molecule has 6 heteroatoms. The monoisotopic (exact) mass is 548 g/mol. The van der Waals surface area contributed by atoms with Gasteiger partial charge in [-0.2, -0.15) is 0 Å². The first-order valence-corrected chi connectivity index (χ1v) is 14.0. The SMILES string of the molecule is CCC(C)Oc1c(OC)cc(/C=C/c2ccc(CCc3cc(OC)c(OC(C)CC)c(OC)c3)cc2)cc1OC. The number of benzene rings is 3. The van der Waals surface area contributed by atoms with Crippen LogP contribution in [0, 0.1) is 0 Å². The highest BCUT2D eigenvalue weighted by atomic mass is 16.5. The van der Waals surface area contributed by atoms with Crippen molar-refractivity contribution in [1.29, 1.82) is 0 Å². The van der Waals surface area contributed by atoms with Gasteiger partial charge in [0.25, 0.3) is 0 Å². The van der Waals surface area contributed by atoms with Gasteiger partial charge in [0.1, 0.15) is 0 Å². The molecular formula is C34H44O6. The van der Waals surface area contributed by atoms with Crippen LogP contribution in [0.1, 0.15) is 62.8 Å². The molecular weight excluding hydrogens is 504 g/mol. The molecule has 3 aromatic rings. The van der Waals surface area contributed by atoms with Gasteiger partial charge >= 0.3 is 0 Å². The number of aryl methyl sites for hydroxylation is 2. The van der Waals surface area contributed by atoms with Crippen LogP contribution in [0.2, 0.25) is 0 Å². The summed E-state index contributed by atoms with van der Waals surface area (Å²) < 4.78 is 34.6. The van der Waals surface area contributed by atoms with E-state index in [9.17, 15) is 0 Å². The van der Waals surface area contributed by atoms with Crippen LogP contribution < -0.4 is 28.4 Å². The summed E-state index contributed by atoms with van der Waals surface area (Å²) in [6, 6.07) is 16.6. The van der Waals surface area contributed by atoms with Crippen molar-refractivity contribution in [3.8, 4) is 34.5 Å². The van der Waals surface area contributed by atoms with E-state index in [1.54, 1.807) is 28.4 Å².